The van der Waals surface area contributed by atoms with E-state index in [4.69, 9.17) is 0 Å². The first-order valence-corrected chi connectivity index (χ1v) is 6.97. The lowest BCUT2D eigenvalue weighted by Crippen LogP contribution is -2.20. The fourth-order valence-electron chi connectivity index (χ4n) is 2.48. The van der Waals surface area contributed by atoms with Crippen LogP contribution in [0.25, 0.3) is 0 Å². The van der Waals surface area contributed by atoms with Gasteiger partial charge in [0, 0.05) is 35.5 Å². The zero-order chi connectivity index (χ0) is 18.4. The number of benzene rings is 1. The second kappa shape index (κ2) is 5.87. The van der Waals surface area contributed by atoms with Crippen molar-refractivity contribution in [2.24, 2.45) is 0 Å². The summed E-state index contributed by atoms with van der Waals surface area (Å²) in [7, 11) is 0. The molecule has 3 rings (SSSR count). The number of Topliss-reactive ketones (excluding diaryl/α,β-unsaturated/α-hetero) is 1. The van der Waals surface area contributed by atoms with Gasteiger partial charge in [0.15, 0.2) is 11.6 Å². The molecule has 0 fully saturated rings. The van der Waals surface area contributed by atoms with Gasteiger partial charge in [0.1, 0.15) is 11.6 Å². The molecule has 1 aromatic carbocycles. The summed E-state index contributed by atoms with van der Waals surface area (Å²) in [6, 6.07) is 3.12. The van der Waals surface area contributed by atoms with Crippen molar-refractivity contribution < 1.29 is 31.5 Å². The number of ketones is 2. The Hall–Kier alpha value is -2.90. The summed E-state index contributed by atoms with van der Waals surface area (Å²) in [6.45, 7) is 0. The van der Waals surface area contributed by atoms with Crippen LogP contribution in [-0.2, 0) is 12.6 Å². The Morgan fingerprint density at radius 3 is 2.36 bits per heavy atom. The van der Waals surface area contributed by atoms with E-state index >= 15 is 0 Å². The minimum atomic E-state index is -4.55. The molecule has 1 aliphatic carbocycles. The van der Waals surface area contributed by atoms with E-state index in [1.807, 2.05) is 0 Å². The van der Waals surface area contributed by atoms with E-state index < -0.39 is 40.5 Å². The van der Waals surface area contributed by atoms with Gasteiger partial charge < -0.3 is 0 Å². The molecule has 0 aliphatic heterocycles. The Morgan fingerprint density at radius 2 is 1.76 bits per heavy atom. The van der Waals surface area contributed by atoms with Crippen molar-refractivity contribution in [3.63, 3.8) is 0 Å². The van der Waals surface area contributed by atoms with Crippen molar-refractivity contribution in [2.45, 2.75) is 12.6 Å². The van der Waals surface area contributed by atoms with Crippen molar-refractivity contribution in [2.75, 3.05) is 0 Å². The van der Waals surface area contributed by atoms with E-state index in [-0.39, 0.29) is 23.3 Å². The van der Waals surface area contributed by atoms with Crippen LogP contribution in [0.1, 0.15) is 32.0 Å². The average Bonchev–Trinajstić information content (AvgIpc) is 2.51. The minimum Gasteiger partial charge on any atom is -0.289 e. The van der Waals surface area contributed by atoms with E-state index in [2.05, 4.69) is 4.98 Å². The molecular weight excluding hydrogens is 345 g/mol. The number of fused-ring (bicyclic) bond motifs is 1. The van der Waals surface area contributed by atoms with Crippen LogP contribution in [0.2, 0.25) is 0 Å². The fourth-order valence-corrected chi connectivity index (χ4v) is 2.48. The number of halogens is 5. The predicted octanol–water partition coefficient (Wildman–Crippen LogP) is 3.93. The lowest BCUT2D eigenvalue weighted by atomic mass is 9.87. The van der Waals surface area contributed by atoms with Crippen LogP contribution in [0.5, 0.6) is 0 Å². The Bertz CT molecular complexity index is 914. The average molecular weight is 353 g/mol. The Balaban J connectivity index is 1.92. The topological polar surface area (TPSA) is 47.0 Å². The van der Waals surface area contributed by atoms with Gasteiger partial charge in [-0.3, -0.25) is 14.6 Å². The molecule has 1 aliphatic rings. The molecule has 0 atom stereocenters. The van der Waals surface area contributed by atoms with Gasteiger partial charge in [0.05, 0.1) is 11.1 Å². The first-order chi connectivity index (χ1) is 11.7. The molecule has 128 valence electrons. The Labute approximate surface area is 137 Å². The highest BCUT2D eigenvalue weighted by molar-refractivity contribution is 6.24. The first kappa shape index (κ1) is 16.9. The maximum atomic E-state index is 13.9. The molecule has 0 radical (unpaired) electrons. The molecule has 1 aromatic heterocycles. The highest BCUT2D eigenvalue weighted by atomic mass is 19.4. The number of carbonyl (C=O) groups excluding carboxylic acids is 2. The van der Waals surface area contributed by atoms with E-state index in [0.717, 1.165) is 24.3 Å². The maximum Gasteiger partial charge on any atom is 0.417 e. The van der Waals surface area contributed by atoms with Crippen molar-refractivity contribution in [1.29, 1.82) is 0 Å². The normalized spacial score (nSPS) is 14.4. The van der Waals surface area contributed by atoms with Gasteiger partial charge in [-0.15, -0.1) is 0 Å². The Kier molecular flexibility index (Phi) is 3.98. The van der Waals surface area contributed by atoms with Crippen molar-refractivity contribution in [3.8, 4) is 0 Å². The minimum absolute atomic E-state index is 0.103. The highest BCUT2D eigenvalue weighted by Crippen LogP contribution is 2.30. The molecular formula is C17H8F5NO2. The standard InChI is InChI=1S/C17H8F5NO2/c18-10-5-12-14(24)4-8(16(25)15(12)13(19)6-10)3-11-2-1-9(7-23-11)17(20,21)22/h1-2,4-7H,3H2. The third-order valence-electron chi connectivity index (χ3n) is 3.67. The summed E-state index contributed by atoms with van der Waals surface area (Å²) in [5, 5.41) is 0. The zero-order valence-electron chi connectivity index (χ0n) is 12.3. The summed E-state index contributed by atoms with van der Waals surface area (Å²) < 4.78 is 64.6. The third-order valence-corrected chi connectivity index (χ3v) is 3.67. The van der Waals surface area contributed by atoms with Gasteiger partial charge in [-0.05, 0) is 24.3 Å². The van der Waals surface area contributed by atoms with Crippen LogP contribution < -0.4 is 0 Å². The lowest BCUT2D eigenvalue weighted by Gasteiger charge is -2.16. The SMILES string of the molecule is O=C1C=C(Cc2ccc(C(F)(F)F)cn2)C(=O)c2c(F)cc(F)cc21. The van der Waals surface area contributed by atoms with Gasteiger partial charge in [0.25, 0.3) is 0 Å². The van der Waals surface area contributed by atoms with Crippen LogP contribution in [0.15, 0.2) is 42.1 Å². The fraction of sp³-hybridized carbons (Fsp3) is 0.118. The number of pyridine rings is 1. The molecule has 0 spiro atoms. The monoisotopic (exact) mass is 353 g/mol. The molecule has 0 N–H and O–H groups in total. The quantitative estimate of drug-likeness (QED) is 0.769. The zero-order valence-corrected chi connectivity index (χ0v) is 12.3. The van der Waals surface area contributed by atoms with Crippen molar-refractivity contribution in [3.05, 3.63) is 76.1 Å². The van der Waals surface area contributed by atoms with E-state index in [1.54, 1.807) is 0 Å². The smallest absolute Gasteiger partial charge is 0.289 e. The number of allylic oxidation sites excluding steroid dienone is 2. The predicted molar refractivity (Wildman–Crippen MR) is 76.0 cm³/mol. The number of carbonyl (C=O) groups is 2. The number of alkyl halides is 3. The summed E-state index contributed by atoms with van der Waals surface area (Å²) >= 11 is 0. The molecule has 2 aromatic rings. The van der Waals surface area contributed by atoms with E-state index in [0.29, 0.717) is 12.3 Å². The van der Waals surface area contributed by atoms with Crippen LogP contribution in [0.3, 0.4) is 0 Å². The van der Waals surface area contributed by atoms with Gasteiger partial charge in [0.2, 0.25) is 0 Å². The first-order valence-electron chi connectivity index (χ1n) is 6.97. The molecule has 0 bridgehead atoms. The summed E-state index contributed by atoms with van der Waals surface area (Å²) in [6.07, 6.45) is -3.27. The maximum absolute atomic E-state index is 13.9. The number of rotatable bonds is 2. The van der Waals surface area contributed by atoms with Crippen LogP contribution in [0, 0.1) is 11.6 Å². The summed E-state index contributed by atoms with van der Waals surface area (Å²) in [4.78, 5) is 27.9. The molecule has 0 amide bonds. The van der Waals surface area contributed by atoms with Crippen LogP contribution in [0.4, 0.5) is 22.0 Å². The lowest BCUT2D eigenvalue weighted by molar-refractivity contribution is -0.137. The molecule has 0 saturated carbocycles. The van der Waals surface area contributed by atoms with Gasteiger partial charge in [-0.25, -0.2) is 8.78 Å². The molecule has 8 heteroatoms. The third kappa shape index (κ3) is 3.19. The van der Waals surface area contributed by atoms with E-state index in [1.165, 1.54) is 0 Å². The number of nitrogens with zero attached hydrogens (tertiary/aromatic N) is 1. The molecule has 3 nitrogen and oxygen atoms in total. The Morgan fingerprint density at radius 1 is 1.04 bits per heavy atom. The van der Waals surface area contributed by atoms with Crippen LogP contribution >= 0.6 is 0 Å². The van der Waals surface area contributed by atoms with Crippen molar-refractivity contribution >= 4 is 11.6 Å². The van der Waals surface area contributed by atoms with E-state index in [9.17, 15) is 31.5 Å². The number of hydrogen-bond donors (Lipinski definition) is 0. The second-order valence-corrected chi connectivity index (χ2v) is 5.39. The summed E-state index contributed by atoms with van der Waals surface area (Å²) in [5.74, 6) is -3.73. The molecule has 25 heavy (non-hydrogen) atoms. The molecule has 0 saturated heterocycles. The van der Waals surface area contributed by atoms with Crippen LogP contribution in [-0.4, -0.2) is 16.6 Å². The number of hydrogen-bond acceptors (Lipinski definition) is 3. The van der Waals surface area contributed by atoms with Gasteiger partial charge >= 0.3 is 6.18 Å². The summed E-state index contributed by atoms with van der Waals surface area (Å²) in [5.41, 5.74) is -1.91. The largest absolute Gasteiger partial charge is 0.417 e. The second-order valence-electron chi connectivity index (χ2n) is 5.39. The van der Waals surface area contributed by atoms with Gasteiger partial charge in [-0.1, -0.05) is 0 Å². The highest BCUT2D eigenvalue weighted by Gasteiger charge is 2.32. The van der Waals surface area contributed by atoms with Crippen molar-refractivity contribution in [1.82, 2.24) is 4.98 Å². The molecule has 1 heterocycles. The van der Waals surface area contributed by atoms with Gasteiger partial charge in [-0.2, -0.15) is 13.2 Å². The number of aromatic nitrogens is 1. The molecule has 0 unspecified atom stereocenters.